The standard InChI is InChI=1S/C19H25N5O/c1-13-3-4-16(11-14(13)2)19(25)23-8-5-15(6-9-23)18-22-21-17-12-20-7-10-24(17)18/h3-4,11,15,20H,5-10,12H2,1-2H3. The van der Waals surface area contributed by atoms with Crippen LogP contribution in [0, 0.1) is 13.8 Å². The molecule has 0 bridgehead atoms. The Morgan fingerprint density at radius 1 is 1.12 bits per heavy atom. The Bertz CT molecular complexity index is 789. The predicted octanol–water partition coefficient (Wildman–Crippen LogP) is 2.02. The minimum atomic E-state index is 0.147. The summed E-state index contributed by atoms with van der Waals surface area (Å²) < 4.78 is 2.27. The number of carbonyl (C=O) groups excluding carboxylic acids is 1. The quantitative estimate of drug-likeness (QED) is 0.909. The first kappa shape index (κ1) is 16.3. The number of amides is 1. The number of hydrogen-bond acceptors (Lipinski definition) is 4. The molecule has 1 aromatic heterocycles. The number of nitrogens with one attached hydrogen (secondary N) is 1. The molecule has 3 heterocycles. The Morgan fingerprint density at radius 3 is 2.68 bits per heavy atom. The van der Waals surface area contributed by atoms with Crippen LogP contribution >= 0.6 is 0 Å². The van der Waals surface area contributed by atoms with Crippen LogP contribution in [-0.2, 0) is 13.1 Å². The molecule has 0 radical (unpaired) electrons. The number of hydrogen-bond donors (Lipinski definition) is 1. The highest BCUT2D eigenvalue weighted by molar-refractivity contribution is 5.94. The van der Waals surface area contributed by atoms with E-state index >= 15 is 0 Å². The molecule has 4 rings (SSSR count). The number of likely N-dealkylation sites (tertiary alicyclic amines) is 1. The lowest BCUT2D eigenvalue weighted by Gasteiger charge is -2.32. The van der Waals surface area contributed by atoms with Crippen LogP contribution in [0.4, 0.5) is 0 Å². The lowest BCUT2D eigenvalue weighted by molar-refractivity contribution is 0.0710. The summed E-state index contributed by atoms with van der Waals surface area (Å²) >= 11 is 0. The molecule has 0 saturated carbocycles. The van der Waals surface area contributed by atoms with E-state index in [9.17, 15) is 4.79 Å². The number of nitrogens with zero attached hydrogens (tertiary/aromatic N) is 4. The van der Waals surface area contributed by atoms with Gasteiger partial charge in [0.2, 0.25) is 0 Å². The normalized spacial score (nSPS) is 18.2. The molecule has 0 spiro atoms. The smallest absolute Gasteiger partial charge is 0.253 e. The third kappa shape index (κ3) is 3.06. The summed E-state index contributed by atoms with van der Waals surface area (Å²) in [4.78, 5) is 14.8. The SMILES string of the molecule is Cc1ccc(C(=O)N2CCC(c3nnc4n3CCNC4)CC2)cc1C. The van der Waals surface area contributed by atoms with Gasteiger partial charge in [-0.05, 0) is 49.9 Å². The maximum Gasteiger partial charge on any atom is 0.253 e. The van der Waals surface area contributed by atoms with Gasteiger partial charge in [-0.2, -0.15) is 0 Å². The second-order valence-electron chi connectivity index (χ2n) is 7.17. The molecule has 1 N–H and O–H groups in total. The van der Waals surface area contributed by atoms with Gasteiger partial charge in [-0.3, -0.25) is 4.79 Å². The van der Waals surface area contributed by atoms with Crippen molar-refractivity contribution in [3.63, 3.8) is 0 Å². The molecule has 0 aliphatic carbocycles. The zero-order chi connectivity index (χ0) is 17.4. The molecule has 1 saturated heterocycles. The van der Waals surface area contributed by atoms with Crippen molar-refractivity contribution in [3.8, 4) is 0 Å². The van der Waals surface area contributed by atoms with E-state index in [-0.39, 0.29) is 5.91 Å². The summed E-state index contributed by atoms with van der Waals surface area (Å²) in [5.41, 5.74) is 3.19. The van der Waals surface area contributed by atoms with Gasteiger partial charge in [0.05, 0.1) is 6.54 Å². The van der Waals surface area contributed by atoms with Gasteiger partial charge < -0.3 is 14.8 Å². The minimum Gasteiger partial charge on any atom is -0.339 e. The molecular formula is C19H25N5O. The van der Waals surface area contributed by atoms with Crippen molar-refractivity contribution in [1.82, 2.24) is 25.0 Å². The van der Waals surface area contributed by atoms with Gasteiger partial charge in [-0.1, -0.05) is 6.07 Å². The molecule has 0 unspecified atom stereocenters. The van der Waals surface area contributed by atoms with E-state index in [2.05, 4.69) is 33.9 Å². The first-order chi connectivity index (χ1) is 12.1. The van der Waals surface area contributed by atoms with E-state index in [1.54, 1.807) is 0 Å². The van der Waals surface area contributed by atoms with E-state index in [1.165, 1.54) is 11.1 Å². The maximum atomic E-state index is 12.8. The number of benzene rings is 1. The number of aryl methyl sites for hydroxylation is 2. The Hall–Kier alpha value is -2.21. The van der Waals surface area contributed by atoms with Crippen molar-refractivity contribution in [2.24, 2.45) is 0 Å². The van der Waals surface area contributed by atoms with E-state index in [4.69, 9.17) is 0 Å². The maximum absolute atomic E-state index is 12.8. The summed E-state index contributed by atoms with van der Waals surface area (Å²) in [5.74, 6) is 2.70. The van der Waals surface area contributed by atoms with Crippen LogP contribution in [0.5, 0.6) is 0 Å². The summed E-state index contributed by atoms with van der Waals surface area (Å²) in [6, 6.07) is 5.98. The number of carbonyl (C=O) groups is 1. The molecule has 1 aromatic carbocycles. The van der Waals surface area contributed by atoms with Gasteiger partial charge in [0, 0.05) is 37.7 Å². The van der Waals surface area contributed by atoms with Crippen molar-refractivity contribution >= 4 is 5.91 Å². The van der Waals surface area contributed by atoms with Gasteiger partial charge >= 0.3 is 0 Å². The van der Waals surface area contributed by atoms with Crippen molar-refractivity contribution in [2.45, 2.75) is 45.7 Å². The van der Waals surface area contributed by atoms with Crippen molar-refractivity contribution in [2.75, 3.05) is 19.6 Å². The van der Waals surface area contributed by atoms with Crippen LogP contribution in [0.1, 0.15) is 51.9 Å². The van der Waals surface area contributed by atoms with Gasteiger partial charge in [0.1, 0.15) is 11.6 Å². The average Bonchev–Trinajstić information content (AvgIpc) is 3.08. The molecule has 2 aliphatic heterocycles. The molecule has 6 nitrogen and oxygen atoms in total. The highest BCUT2D eigenvalue weighted by Crippen LogP contribution is 2.28. The summed E-state index contributed by atoms with van der Waals surface area (Å²) in [6.45, 7) is 8.43. The summed E-state index contributed by atoms with van der Waals surface area (Å²) in [5, 5.41) is 12.1. The molecule has 1 fully saturated rings. The number of fused-ring (bicyclic) bond motifs is 1. The Balaban J connectivity index is 1.43. The zero-order valence-corrected chi connectivity index (χ0v) is 15.0. The highest BCUT2D eigenvalue weighted by Gasteiger charge is 2.29. The van der Waals surface area contributed by atoms with Crippen molar-refractivity contribution in [1.29, 1.82) is 0 Å². The van der Waals surface area contributed by atoms with Crippen LogP contribution < -0.4 is 5.32 Å². The van der Waals surface area contributed by atoms with E-state index < -0.39 is 0 Å². The van der Waals surface area contributed by atoms with Crippen molar-refractivity contribution < 1.29 is 4.79 Å². The fourth-order valence-electron chi connectivity index (χ4n) is 3.81. The molecule has 0 atom stereocenters. The van der Waals surface area contributed by atoms with Gasteiger partial charge in [0.15, 0.2) is 0 Å². The minimum absolute atomic E-state index is 0.147. The third-order valence-electron chi connectivity index (χ3n) is 5.55. The van der Waals surface area contributed by atoms with Crippen LogP contribution in [0.3, 0.4) is 0 Å². The zero-order valence-electron chi connectivity index (χ0n) is 15.0. The lowest BCUT2D eigenvalue weighted by Crippen LogP contribution is -2.39. The van der Waals surface area contributed by atoms with Crippen LogP contribution in [0.2, 0.25) is 0 Å². The van der Waals surface area contributed by atoms with E-state index in [1.807, 2.05) is 23.1 Å². The first-order valence-corrected chi connectivity index (χ1v) is 9.12. The fraction of sp³-hybridized carbons (Fsp3) is 0.526. The van der Waals surface area contributed by atoms with Crippen molar-refractivity contribution in [3.05, 3.63) is 46.5 Å². The Morgan fingerprint density at radius 2 is 1.92 bits per heavy atom. The van der Waals surface area contributed by atoms with E-state index in [0.29, 0.717) is 5.92 Å². The Labute approximate surface area is 148 Å². The molecular weight excluding hydrogens is 314 g/mol. The predicted molar refractivity (Wildman–Crippen MR) is 95.5 cm³/mol. The van der Waals surface area contributed by atoms with Crippen LogP contribution in [-0.4, -0.2) is 45.2 Å². The monoisotopic (exact) mass is 339 g/mol. The summed E-state index contributed by atoms with van der Waals surface area (Å²) in [6.07, 6.45) is 1.92. The lowest BCUT2D eigenvalue weighted by atomic mass is 9.95. The molecule has 1 amide bonds. The van der Waals surface area contributed by atoms with Crippen LogP contribution in [0.15, 0.2) is 18.2 Å². The number of rotatable bonds is 2. The second kappa shape index (κ2) is 6.59. The van der Waals surface area contributed by atoms with Gasteiger partial charge in [-0.25, -0.2) is 0 Å². The molecule has 2 aromatic rings. The molecule has 132 valence electrons. The number of piperidine rings is 1. The average molecular weight is 339 g/mol. The number of aromatic nitrogens is 3. The fourth-order valence-corrected chi connectivity index (χ4v) is 3.81. The molecule has 2 aliphatic rings. The second-order valence-corrected chi connectivity index (χ2v) is 7.17. The molecule has 6 heteroatoms. The topological polar surface area (TPSA) is 63.1 Å². The highest BCUT2D eigenvalue weighted by atomic mass is 16.2. The van der Waals surface area contributed by atoms with Crippen LogP contribution in [0.25, 0.3) is 0 Å². The Kier molecular flexibility index (Phi) is 4.29. The molecule has 25 heavy (non-hydrogen) atoms. The third-order valence-corrected chi connectivity index (χ3v) is 5.55. The van der Waals surface area contributed by atoms with Gasteiger partial charge in [0.25, 0.3) is 5.91 Å². The van der Waals surface area contributed by atoms with E-state index in [0.717, 1.165) is 62.8 Å². The first-order valence-electron chi connectivity index (χ1n) is 9.12. The largest absolute Gasteiger partial charge is 0.339 e. The van der Waals surface area contributed by atoms with Gasteiger partial charge in [-0.15, -0.1) is 10.2 Å². The summed E-state index contributed by atoms with van der Waals surface area (Å²) in [7, 11) is 0.